The normalized spacial score (nSPS) is 16.9. The third-order valence-corrected chi connectivity index (χ3v) is 3.98. The molecule has 0 spiro atoms. The number of ether oxygens (including phenoxy) is 2. The Hall–Kier alpha value is -1.70. The molecule has 2 aromatic heterocycles. The highest BCUT2D eigenvalue weighted by Crippen LogP contribution is 2.17. The smallest absolute Gasteiger partial charge is 0.252 e. The molecule has 1 aliphatic rings. The summed E-state index contributed by atoms with van der Waals surface area (Å²) in [6.45, 7) is 3.85. The molecule has 3 rings (SSSR count). The van der Waals surface area contributed by atoms with Crippen LogP contribution in [-0.2, 0) is 29.0 Å². The zero-order valence-electron chi connectivity index (χ0n) is 13.4. The van der Waals surface area contributed by atoms with Gasteiger partial charge in [0.25, 0.3) is 5.89 Å². The second kappa shape index (κ2) is 8.24. The number of nitrogens with zero attached hydrogens (tertiary/aromatic N) is 3. The molecule has 7 heteroatoms. The molecule has 0 bridgehead atoms. The van der Waals surface area contributed by atoms with E-state index in [1.807, 2.05) is 12.1 Å². The fraction of sp³-hybridized carbons (Fsp3) is 0.625. The molecule has 1 aliphatic heterocycles. The Morgan fingerprint density at radius 1 is 1.35 bits per heavy atom. The van der Waals surface area contributed by atoms with Gasteiger partial charge >= 0.3 is 0 Å². The van der Waals surface area contributed by atoms with Gasteiger partial charge in [-0.25, -0.2) is 0 Å². The zero-order chi connectivity index (χ0) is 15.9. The number of furan rings is 1. The van der Waals surface area contributed by atoms with Gasteiger partial charge in [0.1, 0.15) is 12.4 Å². The maximum atomic E-state index is 5.89. The van der Waals surface area contributed by atoms with Crippen LogP contribution < -0.4 is 0 Å². The summed E-state index contributed by atoms with van der Waals surface area (Å²) >= 11 is 0. The van der Waals surface area contributed by atoms with Gasteiger partial charge in [0.05, 0.1) is 25.5 Å². The van der Waals surface area contributed by atoms with Crippen LogP contribution in [0.25, 0.3) is 0 Å². The van der Waals surface area contributed by atoms with E-state index in [4.69, 9.17) is 18.4 Å². The molecule has 0 unspecified atom stereocenters. The van der Waals surface area contributed by atoms with Crippen molar-refractivity contribution in [1.82, 2.24) is 15.0 Å². The Labute approximate surface area is 135 Å². The van der Waals surface area contributed by atoms with E-state index < -0.39 is 0 Å². The third kappa shape index (κ3) is 4.89. The summed E-state index contributed by atoms with van der Waals surface area (Å²) < 4.78 is 21.5. The van der Waals surface area contributed by atoms with Gasteiger partial charge in [-0.15, -0.1) is 0 Å². The molecule has 1 fully saturated rings. The number of aromatic nitrogens is 2. The van der Waals surface area contributed by atoms with Gasteiger partial charge in [0.15, 0.2) is 5.82 Å². The predicted octanol–water partition coefficient (Wildman–Crippen LogP) is 2.03. The molecule has 0 aliphatic carbocycles. The molecule has 0 amide bonds. The Morgan fingerprint density at radius 3 is 2.96 bits per heavy atom. The number of methoxy groups -OCH3 is 1. The van der Waals surface area contributed by atoms with E-state index in [2.05, 4.69) is 15.0 Å². The van der Waals surface area contributed by atoms with Gasteiger partial charge in [0.2, 0.25) is 0 Å². The first kappa shape index (κ1) is 16.2. The van der Waals surface area contributed by atoms with Crippen molar-refractivity contribution in [3.8, 4) is 0 Å². The minimum Gasteiger partial charge on any atom is -0.468 e. The summed E-state index contributed by atoms with van der Waals surface area (Å²) in [6, 6.07) is 3.94. The highest BCUT2D eigenvalue weighted by Gasteiger charge is 2.21. The minimum absolute atomic E-state index is 0.247. The first-order valence-corrected chi connectivity index (χ1v) is 8.00. The summed E-state index contributed by atoms with van der Waals surface area (Å²) in [5.74, 6) is 2.21. The molecule has 3 heterocycles. The van der Waals surface area contributed by atoms with Gasteiger partial charge in [-0.05, 0) is 25.0 Å². The van der Waals surface area contributed by atoms with Crippen LogP contribution in [0.2, 0.25) is 0 Å². The van der Waals surface area contributed by atoms with Crippen LogP contribution in [0.3, 0.4) is 0 Å². The fourth-order valence-corrected chi connectivity index (χ4v) is 2.69. The van der Waals surface area contributed by atoms with Crippen molar-refractivity contribution in [3.63, 3.8) is 0 Å². The predicted molar refractivity (Wildman–Crippen MR) is 81.7 cm³/mol. The lowest BCUT2D eigenvalue weighted by molar-refractivity contribution is -0.0145. The molecule has 1 saturated heterocycles. The van der Waals surface area contributed by atoms with E-state index in [1.165, 1.54) is 0 Å². The Morgan fingerprint density at radius 2 is 2.22 bits per heavy atom. The van der Waals surface area contributed by atoms with Gasteiger partial charge in [0, 0.05) is 26.6 Å². The molecular formula is C16H23N3O4. The molecular weight excluding hydrogens is 298 g/mol. The number of hydrogen-bond donors (Lipinski definition) is 0. The minimum atomic E-state index is 0.247. The second-order valence-electron chi connectivity index (χ2n) is 5.71. The average molecular weight is 321 g/mol. The van der Waals surface area contributed by atoms with Crippen molar-refractivity contribution < 1.29 is 18.4 Å². The average Bonchev–Trinajstić information content (AvgIpc) is 3.24. The van der Waals surface area contributed by atoms with Crippen LogP contribution in [0.4, 0.5) is 0 Å². The summed E-state index contributed by atoms with van der Waals surface area (Å²) in [7, 11) is 1.66. The molecule has 0 N–H and O–H groups in total. The number of rotatable bonds is 8. The van der Waals surface area contributed by atoms with Gasteiger partial charge in [-0.3, -0.25) is 4.90 Å². The van der Waals surface area contributed by atoms with Crippen LogP contribution in [0.15, 0.2) is 27.3 Å². The molecule has 126 valence electrons. The number of hydrogen-bond acceptors (Lipinski definition) is 7. The van der Waals surface area contributed by atoms with E-state index in [0.717, 1.165) is 38.2 Å². The summed E-state index contributed by atoms with van der Waals surface area (Å²) in [5.41, 5.74) is 0. The van der Waals surface area contributed by atoms with Gasteiger partial charge in [-0.2, -0.15) is 4.98 Å². The van der Waals surface area contributed by atoms with Crippen molar-refractivity contribution in [3.05, 3.63) is 35.9 Å². The fourth-order valence-electron chi connectivity index (χ4n) is 2.69. The Bertz CT molecular complexity index is 562. The topological polar surface area (TPSA) is 73.8 Å². The van der Waals surface area contributed by atoms with Crippen molar-refractivity contribution in [1.29, 1.82) is 0 Å². The SMILES string of the molecule is COCCc1noc(COC2CCN(Cc3ccco3)CC2)n1. The molecule has 0 aromatic carbocycles. The van der Waals surface area contributed by atoms with Gasteiger partial charge < -0.3 is 18.4 Å². The molecule has 0 saturated carbocycles. The van der Waals surface area contributed by atoms with Crippen molar-refractivity contribution in [2.45, 2.75) is 38.5 Å². The summed E-state index contributed by atoms with van der Waals surface area (Å²) in [6.07, 6.45) is 4.63. The second-order valence-corrected chi connectivity index (χ2v) is 5.71. The van der Waals surface area contributed by atoms with Crippen molar-refractivity contribution in [2.75, 3.05) is 26.8 Å². The van der Waals surface area contributed by atoms with Crippen LogP contribution in [0.5, 0.6) is 0 Å². The number of likely N-dealkylation sites (tertiary alicyclic amines) is 1. The summed E-state index contributed by atoms with van der Waals surface area (Å²) in [5, 5.41) is 3.91. The Kier molecular flexibility index (Phi) is 5.79. The number of piperidine rings is 1. The Balaban J connectivity index is 1.36. The van der Waals surface area contributed by atoms with Crippen molar-refractivity contribution >= 4 is 0 Å². The molecule has 0 radical (unpaired) electrons. The maximum absolute atomic E-state index is 5.89. The zero-order valence-corrected chi connectivity index (χ0v) is 13.4. The maximum Gasteiger partial charge on any atom is 0.252 e. The standard InChI is InChI=1S/C16H23N3O4/c1-20-10-6-15-17-16(23-18-15)12-22-13-4-7-19(8-5-13)11-14-3-2-9-21-14/h2-3,9,13H,4-8,10-12H2,1H3. The van der Waals surface area contributed by atoms with Crippen molar-refractivity contribution in [2.24, 2.45) is 0 Å². The third-order valence-electron chi connectivity index (χ3n) is 3.98. The van der Waals surface area contributed by atoms with Crippen LogP contribution in [0.1, 0.15) is 30.3 Å². The largest absolute Gasteiger partial charge is 0.468 e. The van der Waals surface area contributed by atoms with Crippen LogP contribution >= 0.6 is 0 Å². The van der Waals surface area contributed by atoms with E-state index in [9.17, 15) is 0 Å². The first-order chi connectivity index (χ1) is 11.3. The first-order valence-electron chi connectivity index (χ1n) is 8.00. The highest BCUT2D eigenvalue weighted by molar-refractivity contribution is 4.98. The monoisotopic (exact) mass is 321 g/mol. The lowest BCUT2D eigenvalue weighted by atomic mass is 10.1. The van der Waals surface area contributed by atoms with E-state index >= 15 is 0 Å². The molecule has 0 atom stereocenters. The quantitative estimate of drug-likeness (QED) is 0.736. The lowest BCUT2D eigenvalue weighted by Crippen LogP contribution is -2.36. The summed E-state index contributed by atoms with van der Waals surface area (Å²) in [4.78, 5) is 6.67. The van der Waals surface area contributed by atoms with Gasteiger partial charge in [-0.1, -0.05) is 5.16 Å². The molecule has 23 heavy (non-hydrogen) atoms. The van der Waals surface area contributed by atoms with E-state index in [0.29, 0.717) is 31.3 Å². The lowest BCUT2D eigenvalue weighted by Gasteiger charge is -2.30. The van der Waals surface area contributed by atoms with E-state index in [-0.39, 0.29) is 6.10 Å². The molecule has 7 nitrogen and oxygen atoms in total. The molecule has 2 aromatic rings. The van der Waals surface area contributed by atoms with E-state index in [1.54, 1.807) is 13.4 Å². The van der Waals surface area contributed by atoms with Crippen LogP contribution in [-0.4, -0.2) is 48.0 Å². The van der Waals surface area contributed by atoms with Crippen LogP contribution in [0, 0.1) is 0 Å². The highest BCUT2D eigenvalue weighted by atomic mass is 16.5.